The number of hydrogen-bond acceptors (Lipinski definition) is 4. The average molecular weight is 580 g/mol. The number of rotatable bonds is 5. The molecule has 41 heavy (non-hydrogen) atoms. The van der Waals surface area contributed by atoms with Crippen LogP contribution in [0.2, 0.25) is 5.02 Å². The largest absolute Gasteiger partial charge is 0.416 e. The Hall–Kier alpha value is -4.34. The van der Waals surface area contributed by atoms with Crippen LogP contribution in [0.25, 0.3) is 0 Å². The molecule has 5 rings (SSSR count). The molecule has 0 saturated carbocycles. The Labute approximate surface area is 239 Å². The first-order valence-corrected chi connectivity index (χ1v) is 13.1. The number of benzene rings is 4. The maximum absolute atomic E-state index is 14.1. The molecule has 1 aliphatic rings. The van der Waals surface area contributed by atoms with Crippen molar-refractivity contribution in [3.8, 4) is 0 Å². The third-order valence-corrected chi connectivity index (χ3v) is 7.47. The van der Waals surface area contributed by atoms with E-state index in [1.165, 1.54) is 11.0 Å². The van der Waals surface area contributed by atoms with Gasteiger partial charge in [-0.3, -0.25) is 14.5 Å². The Balaban J connectivity index is 1.61. The van der Waals surface area contributed by atoms with Crippen LogP contribution >= 0.6 is 11.6 Å². The van der Waals surface area contributed by atoms with Gasteiger partial charge in [0.2, 0.25) is 5.91 Å². The van der Waals surface area contributed by atoms with Crippen molar-refractivity contribution in [2.75, 3.05) is 16.0 Å². The first-order chi connectivity index (χ1) is 19.6. The van der Waals surface area contributed by atoms with Gasteiger partial charge in [-0.1, -0.05) is 60.1 Å². The molecule has 10 heteroatoms. The summed E-state index contributed by atoms with van der Waals surface area (Å²) in [6.07, 6.45) is -4.52. The van der Waals surface area contributed by atoms with Gasteiger partial charge in [0.25, 0.3) is 5.91 Å². The monoisotopic (exact) mass is 579 g/mol. The zero-order valence-corrected chi connectivity index (χ0v) is 22.3. The zero-order valence-electron chi connectivity index (χ0n) is 21.5. The molecule has 0 bridgehead atoms. The topological polar surface area (TPSA) is 95.7 Å². The highest BCUT2D eigenvalue weighted by Gasteiger charge is 2.43. The second kappa shape index (κ2) is 11.3. The number of halogens is 4. The lowest BCUT2D eigenvalue weighted by atomic mass is 9.80. The molecule has 1 heterocycles. The molecule has 2 amide bonds. The molecule has 0 spiro atoms. The first-order valence-electron chi connectivity index (χ1n) is 12.7. The van der Waals surface area contributed by atoms with E-state index < -0.39 is 42.1 Å². The number of alkyl halides is 3. The van der Waals surface area contributed by atoms with Crippen molar-refractivity contribution in [2.45, 2.75) is 25.2 Å². The summed E-state index contributed by atoms with van der Waals surface area (Å²) in [5.74, 6) is -1.91. The van der Waals surface area contributed by atoms with Crippen LogP contribution in [0.4, 0.5) is 30.2 Å². The third-order valence-electron chi connectivity index (χ3n) is 7.14. The molecule has 4 aromatic rings. The molecule has 210 valence electrons. The van der Waals surface area contributed by atoms with E-state index in [9.17, 15) is 27.9 Å². The summed E-state index contributed by atoms with van der Waals surface area (Å²) in [7, 11) is 0. The van der Waals surface area contributed by atoms with Crippen LogP contribution in [0, 0.1) is 5.92 Å². The van der Waals surface area contributed by atoms with Crippen molar-refractivity contribution in [1.29, 1.82) is 0 Å². The van der Waals surface area contributed by atoms with Gasteiger partial charge in [0.05, 0.1) is 34.7 Å². The second-order valence-corrected chi connectivity index (χ2v) is 10.1. The van der Waals surface area contributed by atoms with Crippen LogP contribution < -0.4 is 16.0 Å². The van der Waals surface area contributed by atoms with E-state index >= 15 is 0 Å². The predicted molar refractivity (Wildman–Crippen MR) is 151 cm³/mol. The molecule has 0 saturated heterocycles. The van der Waals surface area contributed by atoms with Crippen LogP contribution in [-0.2, 0) is 24.0 Å². The fraction of sp³-hybridized carbons (Fsp3) is 0.161. The van der Waals surface area contributed by atoms with Crippen LogP contribution in [0.15, 0.2) is 91.0 Å². The van der Waals surface area contributed by atoms with Gasteiger partial charge in [-0.05, 0) is 65.6 Å². The Kier molecular flexibility index (Phi) is 7.75. The van der Waals surface area contributed by atoms with Crippen LogP contribution in [0.3, 0.4) is 0 Å². The molecular weight excluding hydrogens is 555 g/mol. The van der Waals surface area contributed by atoms with Crippen LogP contribution in [0.5, 0.6) is 0 Å². The first kappa shape index (κ1) is 28.2. The number of nitrogens with one attached hydrogen (secondary N) is 1. The highest BCUT2D eigenvalue weighted by atomic mass is 35.5. The van der Waals surface area contributed by atoms with Crippen LogP contribution in [-0.4, -0.2) is 16.9 Å². The molecule has 0 radical (unpaired) electrons. The Morgan fingerprint density at radius 2 is 1.66 bits per heavy atom. The lowest BCUT2D eigenvalue weighted by molar-refractivity contribution is -0.138. The number of nitrogens with two attached hydrogens (primary N) is 1. The Morgan fingerprint density at radius 3 is 2.34 bits per heavy atom. The van der Waals surface area contributed by atoms with Crippen LogP contribution in [0.1, 0.15) is 38.7 Å². The standard InChI is InChI=1S/C31H25ClF3N3O3/c32-26-7-3-2-6-23(26)30(41)38-27-8-4-1-5-19(27)15-24(28(38)18-9-12-21(36)13-10-18)29(40)37-22-14-11-20(17-39)25(16-22)31(33,34)35/h1-14,16,24,28,39H,15,17,36H2,(H,37,40)/t24-,28-/m0/s1. The summed E-state index contributed by atoms with van der Waals surface area (Å²) in [5, 5.41) is 12.2. The van der Waals surface area contributed by atoms with Gasteiger partial charge in [-0.15, -0.1) is 0 Å². The number of para-hydroxylation sites is 1. The van der Waals surface area contributed by atoms with Crippen molar-refractivity contribution in [3.05, 3.63) is 124 Å². The minimum absolute atomic E-state index is 0.0848. The van der Waals surface area contributed by atoms with Crippen molar-refractivity contribution in [3.63, 3.8) is 0 Å². The van der Waals surface area contributed by atoms with Gasteiger partial charge in [0.15, 0.2) is 0 Å². The van der Waals surface area contributed by atoms with Gasteiger partial charge in [0, 0.05) is 17.1 Å². The molecule has 0 fully saturated rings. The molecule has 2 atom stereocenters. The molecule has 0 aliphatic carbocycles. The molecule has 6 nitrogen and oxygen atoms in total. The average Bonchev–Trinajstić information content (AvgIpc) is 2.96. The highest BCUT2D eigenvalue weighted by Crippen LogP contribution is 2.44. The lowest BCUT2D eigenvalue weighted by Crippen LogP contribution is -2.47. The Bertz CT molecular complexity index is 1610. The number of anilines is 3. The predicted octanol–water partition coefficient (Wildman–Crippen LogP) is 6.63. The lowest BCUT2D eigenvalue weighted by Gasteiger charge is -2.42. The zero-order chi connectivity index (χ0) is 29.3. The summed E-state index contributed by atoms with van der Waals surface area (Å²) < 4.78 is 40.9. The maximum Gasteiger partial charge on any atom is 0.416 e. The van der Waals surface area contributed by atoms with Gasteiger partial charge in [-0.2, -0.15) is 13.2 Å². The number of fused-ring (bicyclic) bond motifs is 1. The van der Waals surface area contributed by atoms with E-state index in [0.717, 1.165) is 12.1 Å². The summed E-state index contributed by atoms with van der Waals surface area (Å²) in [6, 6.07) is 22.9. The van der Waals surface area contributed by atoms with Gasteiger partial charge < -0.3 is 16.2 Å². The smallest absolute Gasteiger partial charge is 0.399 e. The fourth-order valence-electron chi connectivity index (χ4n) is 5.20. The normalized spacial score (nSPS) is 16.7. The quantitative estimate of drug-likeness (QED) is 0.231. The van der Waals surface area contributed by atoms with E-state index in [1.54, 1.807) is 72.8 Å². The van der Waals surface area contributed by atoms with Crippen molar-refractivity contribution >= 4 is 40.5 Å². The molecule has 0 aromatic heterocycles. The number of nitrogen functional groups attached to an aromatic ring is 1. The van der Waals surface area contributed by atoms with Crippen molar-refractivity contribution in [1.82, 2.24) is 0 Å². The maximum atomic E-state index is 14.1. The number of carbonyl (C=O) groups is 2. The number of amides is 2. The summed E-state index contributed by atoms with van der Waals surface area (Å²) in [5.41, 5.74) is 7.12. The minimum atomic E-state index is -4.73. The number of aliphatic hydroxyl groups is 1. The molecule has 4 N–H and O–H groups in total. The summed E-state index contributed by atoms with van der Waals surface area (Å²) >= 11 is 6.41. The summed E-state index contributed by atoms with van der Waals surface area (Å²) in [6.45, 7) is -0.805. The number of nitrogens with zero attached hydrogens (tertiary/aromatic N) is 1. The molecule has 1 aliphatic heterocycles. The van der Waals surface area contributed by atoms with E-state index in [4.69, 9.17) is 17.3 Å². The van der Waals surface area contributed by atoms with E-state index in [-0.39, 0.29) is 28.3 Å². The van der Waals surface area contributed by atoms with Crippen molar-refractivity contribution < 1.29 is 27.9 Å². The highest BCUT2D eigenvalue weighted by molar-refractivity contribution is 6.34. The third kappa shape index (κ3) is 5.64. The second-order valence-electron chi connectivity index (χ2n) is 9.72. The molecule has 0 unspecified atom stereocenters. The number of hydrogen-bond donors (Lipinski definition) is 3. The van der Waals surface area contributed by atoms with E-state index in [2.05, 4.69) is 5.32 Å². The minimum Gasteiger partial charge on any atom is -0.399 e. The Morgan fingerprint density at radius 1 is 0.976 bits per heavy atom. The molecular formula is C31H25ClF3N3O3. The van der Waals surface area contributed by atoms with E-state index in [1.807, 2.05) is 0 Å². The number of carbonyl (C=O) groups excluding carboxylic acids is 2. The SMILES string of the molecule is Nc1ccc([C@H]2[C@@H](C(=O)Nc3ccc(CO)c(C(F)(F)F)c3)Cc3ccccc3N2C(=O)c2ccccc2Cl)cc1. The number of aliphatic hydroxyl groups excluding tert-OH is 1. The van der Waals surface area contributed by atoms with E-state index in [0.29, 0.717) is 22.5 Å². The van der Waals surface area contributed by atoms with Gasteiger partial charge in [0.1, 0.15) is 0 Å². The molecule has 4 aromatic carbocycles. The van der Waals surface area contributed by atoms with Gasteiger partial charge in [-0.25, -0.2) is 0 Å². The fourth-order valence-corrected chi connectivity index (χ4v) is 5.42. The summed E-state index contributed by atoms with van der Waals surface area (Å²) in [4.78, 5) is 29.5. The van der Waals surface area contributed by atoms with Gasteiger partial charge >= 0.3 is 6.18 Å². The van der Waals surface area contributed by atoms with Crippen molar-refractivity contribution in [2.24, 2.45) is 5.92 Å².